The lowest BCUT2D eigenvalue weighted by atomic mass is 10.1. The van der Waals surface area contributed by atoms with Gasteiger partial charge in [-0.05, 0) is 43.7 Å². The molecule has 0 aliphatic carbocycles. The fourth-order valence-corrected chi connectivity index (χ4v) is 4.28. The first-order valence-electron chi connectivity index (χ1n) is 6.72. The van der Waals surface area contributed by atoms with Crippen molar-refractivity contribution in [1.29, 1.82) is 0 Å². The van der Waals surface area contributed by atoms with E-state index in [-0.39, 0.29) is 11.5 Å². The molecule has 0 amide bonds. The lowest BCUT2D eigenvalue weighted by molar-refractivity contribution is 0.458. The maximum atomic E-state index is 10.1. The van der Waals surface area contributed by atoms with Crippen LogP contribution in [0.15, 0.2) is 24.3 Å². The van der Waals surface area contributed by atoms with E-state index in [9.17, 15) is 10.2 Å². The molecular formula is C16H12N2O2S2. The Morgan fingerprint density at radius 2 is 1.50 bits per heavy atom. The normalized spacial score (nSPS) is 11.5. The summed E-state index contributed by atoms with van der Waals surface area (Å²) in [6, 6.07) is 7.17. The Kier molecular flexibility index (Phi) is 2.85. The van der Waals surface area contributed by atoms with Gasteiger partial charge in [-0.2, -0.15) is 0 Å². The number of rotatable bonds is 1. The van der Waals surface area contributed by atoms with E-state index in [1.807, 2.05) is 19.1 Å². The van der Waals surface area contributed by atoms with Gasteiger partial charge in [-0.1, -0.05) is 0 Å². The predicted molar refractivity (Wildman–Crippen MR) is 91.0 cm³/mol. The third-order valence-corrected chi connectivity index (χ3v) is 5.53. The van der Waals surface area contributed by atoms with Gasteiger partial charge in [0.1, 0.15) is 16.5 Å². The second-order valence-corrected chi connectivity index (χ2v) is 7.46. The maximum Gasteiger partial charge on any atom is 0.128 e. The first kappa shape index (κ1) is 13.5. The number of aromatic nitrogens is 2. The van der Waals surface area contributed by atoms with Gasteiger partial charge in [0.2, 0.25) is 0 Å². The Balaban J connectivity index is 1.94. The van der Waals surface area contributed by atoms with Crippen LogP contribution in [-0.2, 0) is 0 Å². The number of hydrogen-bond donors (Lipinski definition) is 2. The number of aryl methyl sites for hydroxylation is 2. The molecule has 22 heavy (non-hydrogen) atoms. The summed E-state index contributed by atoms with van der Waals surface area (Å²) in [6.45, 7) is 3.74. The van der Waals surface area contributed by atoms with Crippen molar-refractivity contribution in [2.75, 3.05) is 0 Å². The topological polar surface area (TPSA) is 66.2 Å². The number of nitrogens with zero attached hydrogens (tertiary/aromatic N) is 2. The van der Waals surface area contributed by atoms with Crippen LogP contribution >= 0.6 is 22.7 Å². The summed E-state index contributed by atoms with van der Waals surface area (Å²) in [7, 11) is 0. The zero-order valence-corrected chi connectivity index (χ0v) is 13.5. The maximum absolute atomic E-state index is 10.1. The van der Waals surface area contributed by atoms with Crippen molar-refractivity contribution in [3.63, 3.8) is 0 Å². The Bertz CT molecular complexity index is 983. The molecule has 0 unspecified atom stereocenters. The monoisotopic (exact) mass is 328 g/mol. The minimum Gasteiger partial charge on any atom is -0.508 e. The Hall–Kier alpha value is -2.18. The minimum atomic E-state index is 0.130. The number of fused-ring (bicyclic) bond motifs is 2. The molecule has 2 aromatic carbocycles. The SMILES string of the molecule is Cc1nc2cc3sc(-c4cc(O)c(C)cc4O)nc3cc2s1. The van der Waals surface area contributed by atoms with Crippen LogP contribution in [0.4, 0.5) is 0 Å². The van der Waals surface area contributed by atoms with Gasteiger partial charge >= 0.3 is 0 Å². The van der Waals surface area contributed by atoms with Gasteiger partial charge in [0.05, 0.1) is 31.0 Å². The van der Waals surface area contributed by atoms with Crippen LogP contribution in [0.2, 0.25) is 0 Å². The first-order chi connectivity index (χ1) is 10.5. The molecule has 0 saturated heterocycles. The van der Waals surface area contributed by atoms with Crippen molar-refractivity contribution >= 4 is 43.1 Å². The smallest absolute Gasteiger partial charge is 0.128 e. The number of phenols is 2. The predicted octanol–water partition coefficient (Wildman–Crippen LogP) is 4.60. The van der Waals surface area contributed by atoms with Gasteiger partial charge in [-0.3, -0.25) is 0 Å². The summed E-state index contributed by atoms with van der Waals surface area (Å²) in [5.41, 5.74) is 3.05. The summed E-state index contributed by atoms with van der Waals surface area (Å²) in [5.74, 6) is 0.287. The second kappa shape index (κ2) is 4.66. The highest BCUT2D eigenvalue weighted by molar-refractivity contribution is 7.22. The van der Waals surface area contributed by atoms with Crippen molar-refractivity contribution in [3.8, 4) is 22.1 Å². The molecule has 0 aliphatic heterocycles. The average molecular weight is 328 g/mol. The molecule has 2 N–H and O–H groups in total. The third-order valence-electron chi connectivity index (χ3n) is 3.55. The molecule has 0 fully saturated rings. The fraction of sp³-hybridized carbons (Fsp3) is 0.125. The average Bonchev–Trinajstić information content (AvgIpc) is 3.01. The van der Waals surface area contributed by atoms with Crippen LogP contribution in [0, 0.1) is 13.8 Å². The highest BCUT2D eigenvalue weighted by Crippen LogP contribution is 2.39. The molecule has 4 rings (SSSR count). The van der Waals surface area contributed by atoms with Gasteiger partial charge in [0.25, 0.3) is 0 Å². The van der Waals surface area contributed by atoms with Gasteiger partial charge in [-0.25, -0.2) is 9.97 Å². The highest BCUT2D eigenvalue weighted by atomic mass is 32.1. The van der Waals surface area contributed by atoms with Gasteiger partial charge in [0, 0.05) is 0 Å². The number of benzene rings is 2. The lowest BCUT2D eigenvalue weighted by Gasteiger charge is -2.04. The molecule has 6 heteroatoms. The summed E-state index contributed by atoms with van der Waals surface area (Å²) < 4.78 is 2.13. The van der Waals surface area contributed by atoms with E-state index in [1.165, 1.54) is 11.3 Å². The molecule has 0 bridgehead atoms. The lowest BCUT2D eigenvalue weighted by Crippen LogP contribution is -1.81. The molecule has 0 radical (unpaired) electrons. The standard InChI is InChI=1S/C16H12N2O2S2/c1-7-3-13(20)9(4-12(7)19)16-18-11-6-14-10(5-15(11)22-16)17-8(2)21-14/h3-6,19-20H,1-2H3. The summed E-state index contributed by atoms with van der Waals surface area (Å²) in [5, 5.41) is 21.7. The van der Waals surface area contributed by atoms with Gasteiger partial charge < -0.3 is 10.2 Å². The van der Waals surface area contributed by atoms with Crippen molar-refractivity contribution in [2.24, 2.45) is 0 Å². The van der Waals surface area contributed by atoms with E-state index in [0.717, 1.165) is 25.4 Å². The summed E-state index contributed by atoms with van der Waals surface area (Å²) in [4.78, 5) is 9.10. The molecule has 2 aromatic heterocycles. The third kappa shape index (κ3) is 2.03. The first-order valence-corrected chi connectivity index (χ1v) is 8.35. The van der Waals surface area contributed by atoms with Crippen molar-refractivity contribution in [1.82, 2.24) is 9.97 Å². The second-order valence-electron chi connectivity index (χ2n) is 5.20. The zero-order valence-electron chi connectivity index (χ0n) is 11.9. The Morgan fingerprint density at radius 3 is 2.27 bits per heavy atom. The largest absolute Gasteiger partial charge is 0.508 e. The van der Waals surface area contributed by atoms with E-state index in [2.05, 4.69) is 9.97 Å². The van der Waals surface area contributed by atoms with Crippen LogP contribution < -0.4 is 0 Å². The number of hydrogen-bond acceptors (Lipinski definition) is 6. The molecule has 0 atom stereocenters. The molecule has 0 spiro atoms. The molecule has 0 aliphatic rings. The van der Waals surface area contributed by atoms with Crippen molar-refractivity contribution in [2.45, 2.75) is 13.8 Å². The number of phenolic OH excluding ortho intramolecular Hbond substituents is 2. The molecule has 2 heterocycles. The van der Waals surface area contributed by atoms with E-state index in [0.29, 0.717) is 16.1 Å². The van der Waals surface area contributed by atoms with Crippen molar-refractivity contribution in [3.05, 3.63) is 34.8 Å². The van der Waals surface area contributed by atoms with Crippen LogP contribution in [0.3, 0.4) is 0 Å². The Labute approximate surface area is 134 Å². The van der Waals surface area contributed by atoms with Gasteiger partial charge in [0.15, 0.2) is 0 Å². The van der Waals surface area contributed by atoms with E-state index in [1.54, 1.807) is 30.4 Å². The molecule has 0 saturated carbocycles. The zero-order chi connectivity index (χ0) is 15.4. The molecule has 4 nitrogen and oxygen atoms in total. The summed E-state index contributed by atoms with van der Waals surface area (Å²) in [6.07, 6.45) is 0. The van der Waals surface area contributed by atoms with Crippen LogP contribution in [0.1, 0.15) is 10.6 Å². The van der Waals surface area contributed by atoms with E-state index in [4.69, 9.17) is 0 Å². The molecular weight excluding hydrogens is 316 g/mol. The molecule has 4 aromatic rings. The van der Waals surface area contributed by atoms with Crippen LogP contribution in [0.5, 0.6) is 11.5 Å². The van der Waals surface area contributed by atoms with Gasteiger partial charge in [-0.15, -0.1) is 22.7 Å². The molecule has 110 valence electrons. The van der Waals surface area contributed by atoms with Crippen LogP contribution in [0.25, 0.3) is 31.0 Å². The highest BCUT2D eigenvalue weighted by Gasteiger charge is 2.14. The minimum absolute atomic E-state index is 0.130. The van der Waals surface area contributed by atoms with Crippen molar-refractivity contribution < 1.29 is 10.2 Å². The quantitative estimate of drug-likeness (QED) is 0.501. The number of thiazole rings is 2. The van der Waals surface area contributed by atoms with E-state index >= 15 is 0 Å². The van der Waals surface area contributed by atoms with Crippen LogP contribution in [-0.4, -0.2) is 20.2 Å². The number of aromatic hydroxyl groups is 2. The Morgan fingerprint density at radius 1 is 0.818 bits per heavy atom. The summed E-state index contributed by atoms with van der Waals surface area (Å²) >= 11 is 3.13. The van der Waals surface area contributed by atoms with E-state index < -0.39 is 0 Å². The fourth-order valence-electron chi connectivity index (χ4n) is 2.43.